The number of para-hydroxylation sites is 2. The van der Waals surface area contributed by atoms with Gasteiger partial charge < -0.3 is 5.32 Å². The number of nitrogens with zero attached hydrogens (tertiary/aromatic N) is 4. The van der Waals surface area contributed by atoms with E-state index in [4.69, 9.17) is 0 Å². The third kappa shape index (κ3) is 3.22. The molecule has 1 amide bonds. The van der Waals surface area contributed by atoms with Crippen LogP contribution in [-0.4, -0.2) is 24.8 Å². The molecule has 2 aromatic heterocycles. The van der Waals surface area contributed by atoms with Crippen molar-refractivity contribution in [2.24, 2.45) is 0 Å². The molecule has 0 fully saturated rings. The quantitative estimate of drug-likeness (QED) is 0.749. The molecule has 7 heteroatoms. The lowest BCUT2D eigenvalue weighted by atomic mass is 10.3. The number of carbonyl (C=O) groups excluding carboxylic acids is 1. The normalized spacial score (nSPS) is 11.4. The molecule has 3 rings (SSSR count). The van der Waals surface area contributed by atoms with Crippen LogP contribution < -0.4 is 11.0 Å². The van der Waals surface area contributed by atoms with Crippen molar-refractivity contribution in [3.8, 4) is 0 Å². The van der Waals surface area contributed by atoms with Crippen molar-refractivity contribution in [3.63, 3.8) is 0 Å². The molecule has 7 nitrogen and oxygen atoms in total. The number of amides is 1. The van der Waals surface area contributed by atoms with Crippen molar-refractivity contribution in [2.45, 2.75) is 46.3 Å². The molecule has 0 unspecified atom stereocenters. The Morgan fingerprint density at radius 1 is 1.16 bits per heavy atom. The van der Waals surface area contributed by atoms with Crippen molar-refractivity contribution < 1.29 is 4.79 Å². The number of rotatable bonds is 6. The van der Waals surface area contributed by atoms with E-state index in [0.29, 0.717) is 12.4 Å². The van der Waals surface area contributed by atoms with Gasteiger partial charge in [-0.3, -0.25) is 13.9 Å². The van der Waals surface area contributed by atoms with Gasteiger partial charge >= 0.3 is 5.69 Å². The molecule has 0 aliphatic heterocycles. The van der Waals surface area contributed by atoms with Crippen molar-refractivity contribution >= 4 is 22.8 Å². The summed E-state index contributed by atoms with van der Waals surface area (Å²) in [5.41, 5.74) is 1.47. The highest BCUT2D eigenvalue weighted by atomic mass is 16.2. The number of hydrogen-bond donors (Lipinski definition) is 1. The van der Waals surface area contributed by atoms with Gasteiger partial charge in [0.05, 0.1) is 17.2 Å². The lowest BCUT2D eigenvalue weighted by molar-refractivity contribution is -0.116. The molecule has 0 aliphatic rings. The number of carbonyl (C=O) groups is 1. The van der Waals surface area contributed by atoms with E-state index >= 15 is 0 Å². The third-order valence-corrected chi connectivity index (χ3v) is 4.10. The second-order valence-electron chi connectivity index (χ2n) is 6.31. The average Bonchev–Trinajstić information content (AvgIpc) is 3.14. The minimum absolute atomic E-state index is 0.0284. The summed E-state index contributed by atoms with van der Waals surface area (Å²) in [7, 11) is 0. The van der Waals surface area contributed by atoms with E-state index in [1.807, 2.05) is 45.0 Å². The molecular formula is C18H23N5O2. The van der Waals surface area contributed by atoms with E-state index in [0.717, 1.165) is 17.5 Å². The minimum atomic E-state index is -0.246. The van der Waals surface area contributed by atoms with E-state index in [9.17, 15) is 9.59 Å². The Morgan fingerprint density at radius 3 is 2.48 bits per heavy atom. The first-order chi connectivity index (χ1) is 12.0. The zero-order valence-electron chi connectivity index (χ0n) is 14.8. The van der Waals surface area contributed by atoms with Crippen LogP contribution in [-0.2, 0) is 17.9 Å². The first-order valence-electron chi connectivity index (χ1n) is 8.54. The smallest absolute Gasteiger partial charge is 0.309 e. The molecule has 2 heterocycles. The Kier molecular flexibility index (Phi) is 4.74. The Bertz CT molecular complexity index is 948. The van der Waals surface area contributed by atoms with E-state index in [2.05, 4.69) is 10.4 Å². The topological polar surface area (TPSA) is 73.8 Å². The minimum Gasteiger partial charge on any atom is -0.309 e. The first-order valence-corrected chi connectivity index (χ1v) is 8.54. The van der Waals surface area contributed by atoms with Gasteiger partial charge in [0, 0.05) is 18.7 Å². The van der Waals surface area contributed by atoms with Crippen LogP contribution in [0.5, 0.6) is 0 Å². The van der Waals surface area contributed by atoms with Gasteiger partial charge in [0.25, 0.3) is 0 Å². The van der Waals surface area contributed by atoms with Crippen LogP contribution in [0, 0.1) is 0 Å². The van der Waals surface area contributed by atoms with Gasteiger partial charge in [0.15, 0.2) is 0 Å². The molecule has 1 aromatic carbocycles. The van der Waals surface area contributed by atoms with Gasteiger partial charge in [-0.2, -0.15) is 5.10 Å². The van der Waals surface area contributed by atoms with Gasteiger partial charge in [-0.25, -0.2) is 9.48 Å². The van der Waals surface area contributed by atoms with Crippen LogP contribution in [0.15, 0.2) is 41.3 Å². The highest BCUT2D eigenvalue weighted by molar-refractivity contribution is 5.90. The molecule has 0 atom stereocenters. The first kappa shape index (κ1) is 17.0. The van der Waals surface area contributed by atoms with E-state index < -0.39 is 0 Å². The van der Waals surface area contributed by atoms with Crippen LogP contribution in [0.25, 0.3) is 11.0 Å². The number of hydrogen-bond acceptors (Lipinski definition) is 3. The van der Waals surface area contributed by atoms with Crippen LogP contribution >= 0.6 is 0 Å². The number of fused-ring (bicyclic) bond motifs is 1. The monoisotopic (exact) mass is 341 g/mol. The summed E-state index contributed by atoms with van der Waals surface area (Å²) in [5, 5.41) is 7.05. The standard InChI is InChI=1S/C18H23N5O2/c1-4-11-21-14-7-5-6-8-15(14)22(18(21)25)12-17(24)20-16-9-10-19-23(16)13(2)3/h5-10,13H,4,11-12H2,1-3H3,(H,20,24). The van der Waals surface area contributed by atoms with Crippen molar-refractivity contribution in [1.29, 1.82) is 0 Å². The number of nitrogens with one attached hydrogen (secondary N) is 1. The largest absolute Gasteiger partial charge is 0.329 e. The average molecular weight is 341 g/mol. The molecule has 0 saturated carbocycles. The van der Waals surface area contributed by atoms with Crippen molar-refractivity contribution in [1.82, 2.24) is 18.9 Å². The highest BCUT2D eigenvalue weighted by Gasteiger charge is 2.16. The summed E-state index contributed by atoms with van der Waals surface area (Å²) in [6, 6.07) is 9.45. The molecule has 1 N–H and O–H groups in total. The maximum Gasteiger partial charge on any atom is 0.329 e. The molecule has 3 aromatic rings. The number of benzene rings is 1. The fourth-order valence-electron chi connectivity index (χ4n) is 3.02. The molecule has 0 spiro atoms. The zero-order valence-corrected chi connectivity index (χ0v) is 14.8. The van der Waals surface area contributed by atoms with Gasteiger partial charge in [-0.15, -0.1) is 0 Å². The Balaban J connectivity index is 1.90. The Hall–Kier alpha value is -2.83. The summed E-state index contributed by atoms with van der Waals surface area (Å²) < 4.78 is 4.98. The Labute approximate surface area is 145 Å². The third-order valence-electron chi connectivity index (χ3n) is 4.10. The predicted molar refractivity (Wildman–Crippen MR) is 97.7 cm³/mol. The SMILES string of the molecule is CCCn1c(=O)n(CC(=O)Nc2ccnn2C(C)C)c2ccccc21. The second kappa shape index (κ2) is 6.96. The maximum atomic E-state index is 12.7. The molecule has 0 bridgehead atoms. The van der Waals surface area contributed by atoms with Crippen molar-refractivity contribution in [3.05, 3.63) is 47.0 Å². The summed E-state index contributed by atoms with van der Waals surface area (Å²) in [6.07, 6.45) is 2.50. The molecule has 132 valence electrons. The molecular weight excluding hydrogens is 318 g/mol. The Morgan fingerprint density at radius 2 is 1.84 bits per heavy atom. The second-order valence-corrected chi connectivity index (χ2v) is 6.31. The number of aryl methyl sites for hydroxylation is 1. The van der Waals surface area contributed by atoms with Crippen LogP contribution in [0.2, 0.25) is 0 Å². The number of imidazole rings is 1. The van der Waals surface area contributed by atoms with E-state index in [-0.39, 0.29) is 24.2 Å². The number of aromatic nitrogens is 4. The molecule has 25 heavy (non-hydrogen) atoms. The van der Waals surface area contributed by atoms with Gasteiger partial charge in [-0.05, 0) is 32.4 Å². The zero-order chi connectivity index (χ0) is 18.0. The van der Waals surface area contributed by atoms with Crippen LogP contribution in [0.4, 0.5) is 5.82 Å². The predicted octanol–water partition coefficient (Wildman–Crippen LogP) is 2.63. The van der Waals surface area contributed by atoms with Crippen LogP contribution in [0.3, 0.4) is 0 Å². The van der Waals surface area contributed by atoms with Gasteiger partial charge in [0.1, 0.15) is 12.4 Å². The molecule has 0 radical (unpaired) electrons. The van der Waals surface area contributed by atoms with Crippen molar-refractivity contribution in [2.75, 3.05) is 5.32 Å². The van der Waals surface area contributed by atoms with E-state index in [1.165, 1.54) is 4.57 Å². The molecule has 0 aliphatic carbocycles. The number of anilines is 1. The highest BCUT2D eigenvalue weighted by Crippen LogP contribution is 2.15. The van der Waals surface area contributed by atoms with Crippen LogP contribution in [0.1, 0.15) is 33.2 Å². The lowest BCUT2D eigenvalue weighted by Crippen LogP contribution is -2.30. The summed E-state index contributed by atoms with van der Waals surface area (Å²) in [4.78, 5) is 25.2. The summed E-state index contributed by atoms with van der Waals surface area (Å²) in [6.45, 7) is 6.61. The van der Waals surface area contributed by atoms with Gasteiger partial charge in [0.2, 0.25) is 5.91 Å². The summed E-state index contributed by atoms with van der Waals surface area (Å²) >= 11 is 0. The fraction of sp³-hybridized carbons (Fsp3) is 0.389. The lowest BCUT2D eigenvalue weighted by Gasteiger charge is -2.12. The maximum absolute atomic E-state index is 12.7. The van der Waals surface area contributed by atoms with E-state index in [1.54, 1.807) is 21.5 Å². The molecule has 0 saturated heterocycles. The summed E-state index contributed by atoms with van der Waals surface area (Å²) in [5.74, 6) is 0.384. The fourth-order valence-corrected chi connectivity index (χ4v) is 3.02. The van der Waals surface area contributed by atoms with Gasteiger partial charge in [-0.1, -0.05) is 19.1 Å².